The number of aryl methyl sites for hydroxylation is 1. The summed E-state index contributed by atoms with van der Waals surface area (Å²) >= 11 is 0. The van der Waals surface area contributed by atoms with Crippen molar-refractivity contribution in [3.8, 4) is 0 Å². The van der Waals surface area contributed by atoms with Gasteiger partial charge in [0.05, 0.1) is 0 Å². The van der Waals surface area contributed by atoms with Crippen LogP contribution in [0, 0.1) is 5.92 Å². The molecule has 0 radical (unpaired) electrons. The van der Waals surface area contributed by atoms with E-state index in [0.717, 1.165) is 36.7 Å². The summed E-state index contributed by atoms with van der Waals surface area (Å²) in [7, 11) is 1.78. The van der Waals surface area contributed by atoms with Gasteiger partial charge >= 0.3 is 0 Å². The van der Waals surface area contributed by atoms with Crippen molar-refractivity contribution in [1.29, 1.82) is 0 Å². The number of hydrogen-bond donors (Lipinski definition) is 3. The average Bonchev–Trinajstić information content (AvgIpc) is 3.17. The molecule has 0 saturated carbocycles. The first-order valence-corrected chi connectivity index (χ1v) is 10.4. The van der Waals surface area contributed by atoms with E-state index in [1.807, 2.05) is 38.1 Å². The van der Waals surface area contributed by atoms with E-state index in [1.165, 1.54) is 10.9 Å². The number of nitrogens with one attached hydrogen (secondary N) is 3. The van der Waals surface area contributed by atoms with Crippen LogP contribution in [0.25, 0.3) is 10.9 Å². The lowest BCUT2D eigenvalue weighted by Crippen LogP contribution is -2.37. The Bertz CT molecular complexity index is 988. The van der Waals surface area contributed by atoms with Crippen molar-refractivity contribution in [3.63, 3.8) is 0 Å². The number of nitrogens with zero attached hydrogens (tertiary/aromatic N) is 2. The van der Waals surface area contributed by atoms with Crippen LogP contribution in [-0.2, 0) is 17.9 Å². The van der Waals surface area contributed by atoms with E-state index >= 15 is 0 Å². The maximum atomic E-state index is 11.8. The fraction of sp³-hybridized carbons (Fsp3) is 0.333. The van der Waals surface area contributed by atoms with E-state index in [4.69, 9.17) is 0 Å². The van der Waals surface area contributed by atoms with Gasteiger partial charge in [0, 0.05) is 50.0 Å². The maximum absolute atomic E-state index is 11.8. The predicted molar refractivity (Wildman–Crippen MR) is 125 cm³/mol. The highest BCUT2D eigenvalue weighted by Crippen LogP contribution is 2.15. The first-order valence-electron chi connectivity index (χ1n) is 10.4. The molecule has 2 aromatic carbocycles. The fourth-order valence-electron chi connectivity index (χ4n) is 3.19. The van der Waals surface area contributed by atoms with Crippen LogP contribution in [-0.4, -0.2) is 30.0 Å². The van der Waals surface area contributed by atoms with Gasteiger partial charge in [-0.15, -0.1) is 0 Å². The number of para-hydroxylation sites is 1. The molecule has 0 aliphatic heterocycles. The van der Waals surface area contributed by atoms with Crippen LogP contribution in [0.4, 0.5) is 5.69 Å². The Labute approximate surface area is 178 Å². The summed E-state index contributed by atoms with van der Waals surface area (Å²) in [6.45, 7) is 6.23. The van der Waals surface area contributed by atoms with Crippen LogP contribution >= 0.6 is 0 Å². The van der Waals surface area contributed by atoms with Crippen LogP contribution < -0.4 is 16.0 Å². The molecular formula is C24H31N5O. The predicted octanol–water partition coefficient (Wildman–Crippen LogP) is 3.99. The van der Waals surface area contributed by atoms with E-state index in [1.54, 1.807) is 7.05 Å². The van der Waals surface area contributed by atoms with Crippen LogP contribution in [0.5, 0.6) is 0 Å². The van der Waals surface area contributed by atoms with E-state index < -0.39 is 0 Å². The number of aromatic nitrogens is 1. The van der Waals surface area contributed by atoms with Crippen molar-refractivity contribution < 1.29 is 4.79 Å². The van der Waals surface area contributed by atoms with Crippen molar-refractivity contribution in [2.24, 2.45) is 10.9 Å². The van der Waals surface area contributed by atoms with Gasteiger partial charge in [0.25, 0.3) is 0 Å². The van der Waals surface area contributed by atoms with Gasteiger partial charge in [-0.2, -0.15) is 0 Å². The summed E-state index contributed by atoms with van der Waals surface area (Å²) < 4.78 is 2.28. The molecule has 158 valence electrons. The van der Waals surface area contributed by atoms with Crippen molar-refractivity contribution in [2.45, 2.75) is 33.4 Å². The van der Waals surface area contributed by atoms with Gasteiger partial charge in [-0.3, -0.25) is 9.79 Å². The molecule has 3 rings (SSSR count). The third-order valence-corrected chi connectivity index (χ3v) is 4.98. The Kier molecular flexibility index (Phi) is 7.49. The lowest BCUT2D eigenvalue weighted by molar-refractivity contribution is -0.118. The Morgan fingerprint density at radius 1 is 1.03 bits per heavy atom. The molecule has 3 aromatic rings. The quantitative estimate of drug-likeness (QED) is 0.301. The number of fused-ring (bicyclic) bond motifs is 1. The topological polar surface area (TPSA) is 70.5 Å². The van der Waals surface area contributed by atoms with Gasteiger partial charge in [0.15, 0.2) is 5.96 Å². The Hall–Kier alpha value is -3.28. The zero-order valence-electron chi connectivity index (χ0n) is 18.0. The zero-order valence-corrected chi connectivity index (χ0v) is 18.0. The summed E-state index contributed by atoms with van der Waals surface area (Å²) in [6.07, 6.45) is 3.15. The van der Waals surface area contributed by atoms with Crippen molar-refractivity contribution in [3.05, 3.63) is 66.4 Å². The average molecular weight is 406 g/mol. The van der Waals surface area contributed by atoms with Gasteiger partial charge in [-0.05, 0) is 41.6 Å². The largest absolute Gasteiger partial charge is 0.356 e. The first kappa shape index (κ1) is 21.4. The van der Waals surface area contributed by atoms with Crippen LogP contribution in [0.15, 0.2) is 65.8 Å². The van der Waals surface area contributed by atoms with Crippen molar-refractivity contribution in [1.82, 2.24) is 15.2 Å². The summed E-state index contributed by atoms with van der Waals surface area (Å²) in [6, 6.07) is 18.5. The van der Waals surface area contributed by atoms with Crippen LogP contribution in [0.1, 0.15) is 25.8 Å². The molecule has 0 spiro atoms. The minimum atomic E-state index is -0.0306. The number of amides is 1. The number of rotatable bonds is 8. The molecular weight excluding hydrogens is 374 g/mol. The minimum absolute atomic E-state index is 0.0263. The summed E-state index contributed by atoms with van der Waals surface area (Å²) in [5.41, 5.74) is 3.21. The van der Waals surface area contributed by atoms with Crippen molar-refractivity contribution >= 4 is 28.5 Å². The lowest BCUT2D eigenvalue weighted by Gasteiger charge is -2.13. The van der Waals surface area contributed by atoms with E-state index in [9.17, 15) is 4.79 Å². The highest BCUT2D eigenvalue weighted by atomic mass is 16.1. The third kappa shape index (κ3) is 5.86. The Morgan fingerprint density at radius 3 is 2.53 bits per heavy atom. The molecule has 0 unspecified atom stereocenters. The van der Waals surface area contributed by atoms with Gasteiger partial charge < -0.3 is 20.5 Å². The Morgan fingerprint density at radius 2 is 1.80 bits per heavy atom. The monoisotopic (exact) mass is 405 g/mol. The third-order valence-electron chi connectivity index (χ3n) is 4.98. The number of guanidine groups is 1. The number of carbonyl (C=O) groups is 1. The molecule has 1 amide bonds. The second-order valence-corrected chi connectivity index (χ2v) is 7.61. The Balaban J connectivity index is 1.41. The second kappa shape index (κ2) is 10.5. The highest BCUT2D eigenvalue weighted by Gasteiger charge is 2.07. The molecule has 1 aromatic heterocycles. The van der Waals surface area contributed by atoms with E-state index in [-0.39, 0.29) is 11.8 Å². The van der Waals surface area contributed by atoms with Crippen LogP contribution in [0.3, 0.4) is 0 Å². The molecule has 0 fully saturated rings. The number of hydrogen-bond acceptors (Lipinski definition) is 2. The molecule has 3 N–H and O–H groups in total. The molecule has 0 aliphatic rings. The molecule has 6 nitrogen and oxygen atoms in total. The molecule has 6 heteroatoms. The smallest absolute Gasteiger partial charge is 0.226 e. The van der Waals surface area contributed by atoms with Gasteiger partial charge in [0.2, 0.25) is 5.91 Å². The number of aliphatic imine (C=N–C) groups is 1. The lowest BCUT2D eigenvalue weighted by atomic mass is 10.1. The number of benzene rings is 2. The SMILES string of the molecule is CN=C(NCCCn1ccc2ccccc21)NCc1ccc(NC(=O)C(C)C)cc1. The molecule has 0 saturated heterocycles. The zero-order chi connectivity index (χ0) is 21.3. The second-order valence-electron chi connectivity index (χ2n) is 7.61. The highest BCUT2D eigenvalue weighted by molar-refractivity contribution is 5.92. The molecule has 0 atom stereocenters. The molecule has 1 heterocycles. The van der Waals surface area contributed by atoms with Gasteiger partial charge in [-0.25, -0.2) is 0 Å². The first-order chi connectivity index (χ1) is 14.6. The summed E-state index contributed by atoms with van der Waals surface area (Å²) in [5.74, 6) is 0.778. The summed E-state index contributed by atoms with van der Waals surface area (Å²) in [5, 5.41) is 10.9. The molecule has 30 heavy (non-hydrogen) atoms. The normalized spacial score (nSPS) is 11.7. The van der Waals surface area contributed by atoms with E-state index in [2.05, 4.69) is 62.0 Å². The standard InChI is InChI=1S/C24H31N5O/c1-18(2)23(30)28-21-11-9-19(10-12-21)17-27-24(25-3)26-14-6-15-29-16-13-20-7-4-5-8-22(20)29/h4-5,7-13,16,18H,6,14-15,17H2,1-3H3,(H,28,30)(H2,25,26,27). The maximum Gasteiger partial charge on any atom is 0.226 e. The molecule has 0 bridgehead atoms. The number of anilines is 1. The van der Waals surface area contributed by atoms with E-state index in [0.29, 0.717) is 6.54 Å². The number of carbonyl (C=O) groups excluding carboxylic acids is 1. The minimum Gasteiger partial charge on any atom is -0.356 e. The van der Waals surface area contributed by atoms with Crippen LogP contribution in [0.2, 0.25) is 0 Å². The summed E-state index contributed by atoms with van der Waals surface area (Å²) in [4.78, 5) is 16.1. The van der Waals surface area contributed by atoms with Gasteiger partial charge in [0.1, 0.15) is 0 Å². The fourth-order valence-corrected chi connectivity index (χ4v) is 3.19. The van der Waals surface area contributed by atoms with Crippen molar-refractivity contribution in [2.75, 3.05) is 18.9 Å². The molecule has 0 aliphatic carbocycles. The van der Waals surface area contributed by atoms with Gasteiger partial charge in [-0.1, -0.05) is 44.2 Å².